The Morgan fingerprint density at radius 2 is 1.62 bits per heavy atom. The van der Waals surface area contributed by atoms with E-state index >= 15 is 0 Å². The van der Waals surface area contributed by atoms with Gasteiger partial charge in [-0.05, 0) is 0 Å². The number of aryl methyl sites for hydroxylation is 1. The van der Waals surface area contributed by atoms with Crippen molar-refractivity contribution in [2.24, 2.45) is 7.05 Å². The van der Waals surface area contributed by atoms with Crippen LogP contribution in [0.2, 0.25) is 0 Å². The Balaban J connectivity index is 3.14. The highest BCUT2D eigenvalue weighted by Gasteiger charge is 1.92. The molecule has 0 saturated carbocycles. The Kier molecular flexibility index (Phi) is 0.901. The van der Waals surface area contributed by atoms with Crippen molar-refractivity contribution >= 4 is 11.4 Å². The Bertz CT molecular complexity index is 170. The van der Waals surface area contributed by atoms with Crippen molar-refractivity contribution in [3.63, 3.8) is 0 Å². The minimum Gasteiger partial charge on any atom is -0.396 e. The van der Waals surface area contributed by atoms with Gasteiger partial charge in [0, 0.05) is 19.4 Å². The number of hydrogen-bond acceptors (Lipinski definition) is 2. The fraction of sp³-hybridized carbons (Fsp3) is 0.200. The topological polar surface area (TPSA) is 57.0 Å². The minimum atomic E-state index is 0.646. The van der Waals surface area contributed by atoms with E-state index in [4.69, 9.17) is 11.5 Å². The van der Waals surface area contributed by atoms with Gasteiger partial charge < -0.3 is 16.0 Å². The Morgan fingerprint density at radius 1 is 1.25 bits per heavy atom. The van der Waals surface area contributed by atoms with Crippen LogP contribution in [0, 0.1) is 0 Å². The predicted octanol–water partition coefficient (Wildman–Crippen LogP) is 0.189. The summed E-state index contributed by atoms with van der Waals surface area (Å²) in [5.41, 5.74) is 12.1. The molecule has 3 heteroatoms. The molecule has 1 aromatic heterocycles. The molecule has 0 unspecified atom stereocenters. The van der Waals surface area contributed by atoms with E-state index in [1.165, 1.54) is 0 Å². The average Bonchev–Trinajstić information content (AvgIpc) is 1.85. The van der Waals surface area contributed by atoms with E-state index in [1.807, 2.05) is 11.6 Å². The van der Waals surface area contributed by atoms with E-state index < -0.39 is 0 Å². The van der Waals surface area contributed by atoms with Crippen LogP contribution in [0.1, 0.15) is 0 Å². The van der Waals surface area contributed by atoms with Gasteiger partial charge in [-0.3, -0.25) is 0 Å². The van der Waals surface area contributed by atoms with Crippen molar-refractivity contribution in [1.29, 1.82) is 0 Å². The number of hydrogen-bond donors (Lipinski definition) is 2. The zero-order chi connectivity index (χ0) is 6.15. The van der Waals surface area contributed by atoms with Gasteiger partial charge >= 0.3 is 0 Å². The van der Waals surface area contributed by atoms with E-state index in [2.05, 4.69) is 0 Å². The van der Waals surface area contributed by atoms with Gasteiger partial charge in [-0.15, -0.1) is 0 Å². The second-order valence-electron chi connectivity index (χ2n) is 1.83. The molecule has 3 nitrogen and oxygen atoms in total. The minimum absolute atomic E-state index is 0.646. The largest absolute Gasteiger partial charge is 0.396 e. The number of aromatic nitrogens is 1. The van der Waals surface area contributed by atoms with E-state index in [0.717, 1.165) is 0 Å². The summed E-state index contributed by atoms with van der Waals surface area (Å²) < 4.78 is 1.82. The van der Waals surface area contributed by atoms with Gasteiger partial charge in [-0.2, -0.15) is 0 Å². The highest BCUT2D eigenvalue weighted by molar-refractivity contribution is 5.61. The van der Waals surface area contributed by atoms with Crippen LogP contribution in [0.25, 0.3) is 0 Å². The van der Waals surface area contributed by atoms with E-state index in [-0.39, 0.29) is 0 Å². The second-order valence-corrected chi connectivity index (χ2v) is 1.83. The SMILES string of the molecule is Cn1cc(N)c(N)c1. The first-order chi connectivity index (χ1) is 3.70. The van der Waals surface area contributed by atoms with E-state index in [9.17, 15) is 0 Å². The highest BCUT2D eigenvalue weighted by atomic mass is 14.9. The normalized spacial score (nSPS) is 9.62. The molecular weight excluding hydrogens is 102 g/mol. The third-order valence-electron chi connectivity index (χ3n) is 1.02. The lowest BCUT2D eigenvalue weighted by Crippen LogP contribution is -1.87. The van der Waals surface area contributed by atoms with E-state index in [0.29, 0.717) is 11.4 Å². The molecule has 44 valence electrons. The first-order valence-electron chi connectivity index (χ1n) is 2.37. The summed E-state index contributed by atoms with van der Waals surface area (Å²) in [6, 6.07) is 0. The molecule has 4 N–H and O–H groups in total. The van der Waals surface area contributed by atoms with Crippen molar-refractivity contribution in [3.8, 4) is 0 Å². The van der Waals surface area contributed by atoms with Crippen molar-refractivity contribution in [3.05, 3.63) is 12.4 Å². The van der Waals surface area contributed by atoms with Crippen LogP contribution in [0.15, 0.2) is 12.4 Å². The Hall–Kier alpha value is -1.12. The molecule has 0 aliphatic heterocycles. The van der Waals surface area contributed by atoms with Crippen LogP contribution < -0.4 is 11.5 Å². The summed E-state index contributed by atoms with van der Waals surface area (Å²) in [4.78, 5) is 0. The fourth-order valence-electron chi connectivity index (χ4n) is 0.625. The Labute approximate surface area is 47.9 Å². The smallest absolute Gasteiger partial charge is 0.0727 e. The lowest BCUT2D eigenvalue weighted by molar-refractivity contribution is 0.930. The zero-order valence-electron chi connectivity index (χ0n) is 4.76. The first kappa shape index (κ1) is 5.03. The summed E-state index contributed by atoms with van der Waals surface area (Å²) in [5, 5.41) is 0. The number of nitrogen functional groups attached to an aromatic ring is 2. The van der Waals surface area contributed by atoms with Crippen molar-refractivity contribution in [2.75, 3.05) is 11.5 Å². The summed E-state index contributed by atoms with van der Waals surface area (Å²) in [5.74, 6) is 0. The summed E-state index contributed by atoms with van der Waals surface area (Å²) >= 11 is 0. The molecule has 0 bridgehead atoms. The lowest BCUT2D eigenvalue weighted by Gasteiger charge is -1.81. The maximum Gasteiger partial charge on any atom is 0.0727 e. The third-order valence-corrected chi connectivity index (χ3v) is 1.02. The van der Waals surface area contributed by atoms with Gasteiger partial charge in [-0.25, -0.2) is 0 Å². The van der Waals surface area contributed by atoms with Gasteiger partial charge in [-0.1, -0.05) is 0 Å². The summed E-state index contributed by atoms with van der Waals surface area (Å²) in [7, 11) is 1.88. The number of anilines is 2. The average molecular weight is 111 g/mol. The van der Waals surface area contributed by atoms with Gasteiger partial charge in [0.2, 0.25) is 0 Å². The van der Waals surface area contributed by atoms with Crippen molar-refractivity contribution in [2.45, 2.75) is 0 Å². The maximum atomic E-state index is 5.39. The molecule has 1 heterocycles. The monoisotopic (exact) mass is 111 g/mol. The number of nitrogens with two attached hydrogens (primary N) is 2. The van der Waals surface area contributed by atoms with Crippen LogP contribution in [0.4, 0.5) is 11.4 Å². The predicted molar refractivity (Wildman–Crippen MR) is 34.2 cm³/mol. The van der Waals surface area contributed by atoms with Gasteiger partial charge in [0.15, 0.2) is 0 Å². The molecule has 0 amide bonds. The van der Waals surface area contributed by atoms with Crippen LogP contribution >= 0.6 is 0 Å². The molecule has 1 aromatic rings. The quantitative estimate of drug-likeness (QED) is 0.502. The van der Waals surface area contributed by atoms with Gasteiger partial charge in [0.05, 0.1) is 11.4 Å². The summed E-state index contributed by atoms with van der Waals surface area (Å²) in [6.45, 7) is 0. The third kappa shape index (κ3) is 0.621. The first-order valence-corrected chi connectivity index (χ1v) is 2.37. The number of nitrogens with zero attached hydrogens (tertiary/aromatic N) is 1. The lowest BCUT2D eigenvalue weighted by atomic mass is 10.5. The van der Waals surface area contributed by atoms with Gasteiger partial charge in [0.1, 0.15) is 0 Å². The van der Waals surface area contributed by atoms with E-state index in [1.54, 1.807) is 12.4 Å². The number of rotatable bonds is 0. The molecule has 1 rings (SSSR count). The molecule has 0 aliphatic rings. The maximum absolute atomic E-state index is 5.39. The van der Waals surface area contributed by atoms with Crippen molar-refractivity contribution in [1.82, 2.24) is 4.57 Å². The molecule has 8 heavy (non-hydrogen) atoms. The fourth-order valence-corrected chi connectivity index (χ4v) is 0.625. The second kappa shape index (κ2) is 1.43. The molecule has 0 fully saturated rings. The molecule has 0 radical (unpaired) electrons. The van der Waals surface area contributed by atoms with Crippen molar-refractivity contribution < 1.29 is 0 Å². The van der Waals surface area contributed by atoms with Crippen LogP contribution in [0.3, 0.4) is 0 Å². The van der Waals surface area contributed by atoms with Gasteiger partial charge in [0.25, 0.3) is 0 Å². The standard InChI is InChI=1S/C5H9N3/c1-8-2-4(6)5(7)3-8/h2-3H,6-7H2,1H3. The zero-order valence-corrected chi connectivity index (χ0v) is 4.76. The highest BCUT2D eigenvalue weighted by Crippen LogP contribution is 2.12. The van der Waals surface area contributed by atoms with Crippen LogP contribution in [-0.4, -0.2) is 4.57 Å². The molecule has 0 atom stereocenters. The Morgan fingerprint density at radius 3 is 1.75 bits per heavy atom. The van der Waals surface area contributed by atoms with Crippen LogP contribution in [0.5, 0.6) is 0 Å². The molecule has 0 spiro atoms. The molecule has 0 aromatic carbocycles. The van der Waals surface area contributed by atoms with Crippen LogP contribution in [-0.2, 0) is 7.05 Å². The molecule has 0 aliphatic carbocycles. The summed E-state index contributed by atoms with van der Waals surface area (Å²) in [6.07, 6.45) is 3.55. The molecule has 0 saturated heterocycles. The molecular formula is C5H9N3.